The second-order valence-electron chi connectivity index (χ2n) is 11.1. The summed E-state index contributed by atoms with van der Waals surface area (Å²) in [5.41, 5.74) is 0.522. The van der Waals surface area contributed by atoms with E-state index < -0.39 is 0 Å². The highest BCUT2D eigenvalue weighted by atomic mass is 16.3. The van der Waals surface area contributed by atoms with Crippen molar-refractivity contribution in [3.05, 3.63) is 0 Å². The molecule has 4 aliphatic rings. The zero-order valence-electron chi connectivity index (χ0n) is 17.8. The molecule has 1 heteroatoms. The standard InChI is InChI=1S/C25H44O/c1-4-6-18-9-11-20-19(15-18)10-12-22-21(20)13-14-25(3)23(17(2)16-26)7-5-8-24(22)25/h17-24,26H,4-16H2,1-3H3. The van der Waals surface area contributed by atoms with Crippen molar-refractivity contribution in [2.45, 2.75) is 97.8 Å². The van der Waals surface area contributed by atoms with Crippen LogP contribution in [-0.4, -0.2) is 11.7 Å². The average molecular weight is 361 g/mol. The van der Waals surface area contributed by atoms with Crippen molar-refractivity contribution in [1.29, 1.82) is 0 Å². The Balaban J connectivity index is 1.50. The van der Waals surface area contributed by atoms with Gasteiger partial charge in [-0.1, -0.05) is 46.5 Å². The molecule has 4 saturated carbocycles. The third kappa shape index (κ3) is 3.19. The van der Waals surface area contributed by atoms with Crippen LogP contribution in [0.25, 0.3) is 0 Å². The zero-order valence-corrected chi connectivity index (χ0v) is 17.8. The van der Waals surface area contributed by atoms with E-state index in [0.717, 1.165) is 41.4 Å². The Morgan fingerprint density at radius 1 is 0.962 bits per heavy atom. The van der Waals surface area contributed by atoms with Crippen molar-refractivity contribution in [2.75, 3.05) is 6.61 Å². The van der Waals surface area contributed by atoms with Crippen LogP contribution in [0.5, 0.6) is 0 Å². The Bertz CT molecular complexity index is 473. The molecule has 0 aliphatic heterocycles. The van der Waals surface area contributed by atoms with E-state index in [2.05, 4.69) is 20.8 Å². The second-order valence-corrected chi connectivity index (χ2v) is 11.1. The molecule has 9 atom stereocenters. The summed E-state index contributed by atoms with van der Waals surface area (Å²) in [6.45, 7) is 7.72. The summed E-state index contributed by atoms with van der Waals surface area (Å²) in [6, 6.07) is 0. The molecular weight excluding hydrogens is 316 g/mol. The van der Waals surface area contributed by atoms with Crippen LogP contribution in [0.15, 0.2) is 0 Å². The molecule has 1 N–H and O–H groups in total. The normalized spacial score (nSPS) is 49.6. The lowest BCUT2D eigenvalue weighted by molar-refractivity contribution is -0.123. The van der Waals surface area contributed by atoms with Crippen molar-refractivity contribution < 1.29 is 5.11 Å². The fraction of sp³-hybridized carbons (Fsp3) is 1.00. The first-order valence-electron chi connectivity index (χ1n) is 12.2. The summed E-state index contributed by atoms with van der Waals surface area (Å²) < 4.78 is 0. The Hall–Kier alpha value is -0.0400. The molecule has 150 valence electrons. The Morgan fingerprint density at radius 3 is 2.54 bits per heavy atom. The molecule has 4 rings (SSSR count). The highest BCUT2D eigenvalue weighted by Gasteiger charge is 2.55. The Kier molecular flexibility index (Phi) is 5.76. The number of hydrogen-bond acceptors (Lipinski definition) is 1. The molecule has 0 heterocycles. The van der Waals surface area contributed by atoms with Gasteiger partial charge in [-0.25, -0.2) is 0 Å². The van der Waals surface area contributed by atoms with Gasteiger partial charge < -0.3 is 5.11 Å². The third-order valence-corrected chi connectivity index (χ3v) is 10.0. The fourth-order valence-electron chi connectivity index (χ4n) is 8.92. The van der Waals surface area contributed by atoms with Crippen molar-refractivity contribution in [2.24, 2.45) is 52.8 Å². The first-order valence-corrected chi connectivity index (χ1v) is 12.2. The second kappa shape index (κ2) is 7.76. The molecule has 0 radical (unpaired) electrons. The number of hydrogen-bond donors (Lipinski definition) is 1. The van der Waals surface area contributed by atoms with Gasteiger partial charge in [0.05, 0.1) is 0 Å². The molecule has 0 aromatic carbocycles. The van der Waals surface area contributed by atoms with Gasteiger partial charge in [-0.15, -0.1) is 0 Å². The summed E-state index contributed by atoms with van der Waals surface area (Å²) in [5, 5.41) is 9.85. The van der Waals surface area contributed by atoms with Crippen molar-refractivity contribution in [3.63, 3.8) is 0 Å². The molecule has 1 nitrogen and oxygen atoms in total. The first kappa shape index (κ1) is 19.3. The molecule has 4 fully saturated rings. The van der Waals surface area contributed by atoms with Gasteiger partial charge in [0.1, 0.15) is 0 Å². The van der Waals surface area contributed by atoms with E-state index in [1.807, 2.05) is 0 Å². The minimum Gasteiger partial charge on any atom is -0.396 e. The first-order chi connectivity index (χ1) is 12.6. The van der Waals surface area contributed by atoms with Crippen LogP contribution in [0.3, 0.4) is 0 Å². The highest BCUT2D eigenvalue weighted by molar-refractivity contribution is 5.05. The summed E-state index contributed by atoms with van der Waals surface area (Å²) in [7, 11) is 0. The van der Waals surface area contributed by atoms with Gasteiger partial charge >= 0.3 is 0 Å². The molecule has 0 saturated heterocycles. The highest BCUT2D eigenvalue weighted by Crippen LogP contribution is 2.64. The lowest BCUT2D eigenvalue weighted by atomic mass is 9.44. The van der Waals surface area contributed by atoms with E-state index in [0.29, 0.717) is 17.9 Å². The number of fused-ring (bicyclic) bond motifs is 5. The van der Waals surface area contributed by atoms with Gasteiger partial charge in [-0.05, 0) is 104 Å². The van der Waals surface area contributed by atoms with E-state index in [1.54, 1.807) is 19.3 Å². The van der Waals surface area contributed by atoms with Gasteiger partial charge in [0.15, 0.2) is 0 Å². The van der Waals surface area contributed by atoms with Gasteiger partial charge in [0, 0.05) is 6.61 Å². The van der Waals surface area contributed by atoms with Crippen LogP contribution < -0.4 is 0 Å². The van der Waals surface area contributed by atoms with Gasteiger partial charge in [0.2, 0.25) is 0 Å². The van der Waals surface area contributed by atoms with E-state index in [1.165, 1.54) is 57.8 Å². The molecule has 9 unspecified atom stereocenters. The maximum Gasteiger partial charge on any atom is 0.0459 e. The van der Waals surface area contributed by atoms with Crippen LogP contribution in [0.1, 0.15) is 97.8 Å². The SMILES string of the molecule is CCCC1CCC2C(CCC3C2CCC2(C)C(C(C)CO)CCCC32)C1. The van der Waals surface area contributed by atoms with Crippen LogP contribution in [0.2, 0.25) is 0 Å². The predicted octanol–water partition coefficient (Wildman–Crippen LogP) is 6.69. The van der Waals surface area contributed by atoms with Crippen molar-refractivity contribution >= 4 is 0 Å². The number of aliphatic hydroxyl groups is 1. The lowest BCUT2D eigenvalue weighted by Gasteiger charge is -2.61. The maximum absolute atomic E-state index is 9.85. The summed E-state index contributed by atoms with van der Waals surface area (Å²) >= 11 is 0. The molecule has 0 aromatic heterocycles. The molecule has 26 heavy (non-hydrogen) atoms. The topological polar surface area (TPSA) is 20.2 Å². The van der Waals surface area contributed by atoms with E-state index in [-0.39, 0.29) is 0 Å². The largest absolute Gasteiger partial charge is 0.396 e. The van der Waals surface area contributed by atoms with Gasteiger partial charge in [0.25, 0.3) is 0 Å². The van der Waals surface area contributed by atoms with Crippen LogP contribution >= 0.6 is 0 Å². The van der Waals surface area contributed by atoms with E-state index in [9.17, 15) is 5.11 Å². The molecule has 0 aromatic rings. The average Bonchev–Trinajstić information content (AvgIpc) is 2.66. The Labute approximate surface area is 162 Å². The molecule has 0 spiro atoms. The lowest BCUT2D eigenvalue weighted by Crippen LogP contribution is -2.54. The van der Waals surface area contributed by atoms with Crippen molar-refractivity contribution in [1.82, 2.24) is 0 Å². The van der Waals surface area contributed by atoms with Gasteiger partial charge in [-0.2, -0.15) is 0 Å². The number of rotatable bonds is 4. The van der Waals surface area contributed by atoms with Crippen LogP contribution in [-0.2, 0) is 0 Å². The quantitative estimate of drug-likeness (QED) is 0.592. The summed E-state index contributed by atoms with van der Waals surface area (Å²) in [4.78, 5) is 0. The molecular formula is C25H44O. The zero-order chi connectivity index (χ0) is 18.3. The third-order valence-electron chi connectivity index (χ3n) is 10.0. The van der Waals surface area contributed by atoms with E-state index in [4.69, 9.17) is 0 Å². The smallest absolute Gasteiger partial charge is 0.0459 e. The predicted molar refractivity (Wildman–Crippen MR) is 110 cm³/mol. The molecule has 0 bridgehead atoms. The molecule has 0 amide bonds. The maximum atomic E-state index is 9.85. The fourth-order valence-corrected chi connectivity index (χ4v) is 8.92. The minimum absolute atomic E-state index is 0.393. The summed E-state index contributed by atoms with van der Waals surface area (Å²) in [6.07, 6.45) is 17.8. The minimum atomic E-state index is 0.393. The summed E-state index contributed by atoms with van der Waals surface area (Å²) in [5.74, 6) is 7.50. The monoisotopic (exact) mass is 360 g/mol. The van der Waals surface area contributed by atoms with E-state index >= 15 is 0 Å². The number of aliphatic hydroxyl groups excluding tert-OH is 1. The van der Waals surface area contributed by atoms with Crippen LogP contribution in [0, 0.1) is 52.8 Å². The van der Waals surface area contributed by atoms with Gasteiger partial charge in [-0.3, -0.25) is 0 Å². The molecule has 4 aliphatic carbocycles. The van der Waals surface area contributed by atoms with Crippen molar-refractivity contribution in [3.8, 4) is 0 Å². The van der Waals surface area contributed by atoms with Crippen LogP contribution in [0.4, 0.5) is 0 Å². The Morgan fingerprint density at radius 2 is 1.77 bits per heavy atom.